The second-order valence-electron chi connectivity index (χ2n) is 0. The van der Waals surface area contributed by atoms with Gasteiger partial charge in [-0.25, -0.2) is 0 Å². The fraction of sp³-hybridized carbons (Fsp3) is 0. The van der Waals surface area contributed by atoms with Crippen LogP contribution in [0.4, 0.5) is 0 Å². The Labute approximate surface area is 67.5 Å². The molecule has 0 aliphatic rings. The van der Waals surface area contributed by atoms with Gasteiger partial charge < -0.3 is 0 Å². The van der Waals surface area contributed by atoms with Gasteiger partial charge in [0.15, 0.2) is 0 Å². The molecule has 0 spiro atoms. The topological polar surface area (TPSA) is 0 Å². The van der Waals surface area contributed by atoms with Crippen LogP contribution in [0.5, 0.6) is 0 Å². The molecular formula is Ag2ClCo. The zero-order chi connectivity index (χ0) is 2.00. The Bertz CT molecular complexity index is 6.00. The zero-order valence-electron chi connectivity index (χ0n) is 1.31. The van der Waals surface area contributed by atoms with Crippen LogP contribution in [0.2, 0.25) is 0 Å². The van der Waals surface area contributed by atoms with Gasteiger partial charge in [0.1, 0.15) is 0 Å². The summed E-state index contributed by atoms with van der Waals surface area (Å²) in [6, 6.07) is 0. The molecule has 0 aliphatic carbocycles. The average Bonchev–Trinajstić information content (AvgIpc) is 1.00. The van der Waals surface area contributed by atoms with E-state index in [1.807, 2.05) is 0 Å². The molecule has 0 aliphatic heterocycles. The van der Waals surface area contributed by atoms with Crippen molar-refractivity contribution in [2.24, 2.45) is 0 Å². The van der Waals surface area contributed by atoms with E-state index in [9.17, 15) is 0 Å². The third-order valence-corrected chi connectivity index (χ3v) is 0. The van der Waals surface area contributed by atoms with E-state index in [0.29, 0.717) is 0 Å². The summed E-state index contributed by atoms with van der Waals surface area (Å²) in [6.07, 6.45) is 0. The van der Waals surface area contributed by atoms with Crippen molar-refractivity contribution in [1.82, 2.24) is 0 Å². The fourth-order valence-electron chi connectivity index (χ4n) is 0. The van der Waals surface area contributed by atoms with E-state index < -0.39 is 0 Å². The molecule has 0 aromatic rings. The maximum atomic E-state index is 4.45. The maximum Gasteiger partial charge on any atom is 0 e. The van der Waals surface area contributed by atoms with Gasteiger partial charge in [0.2, 0.25) is 0 Å². The van der Waals surface area contributed by atoms with Crippen LogP contribution in [0, 0.1) is 0 Å². The number of rotatable bonds is 0. The molecule has 38 valence electrons. The van der Waals surface area contributed by atoms with E-state index in [-0.39, 0.29) is 39.2 Å². The minimum absolute atomic E-state index is 0. The van der Waals surface area contributed by atoms with Gasteiger partial charge in [-0.2, -0.15) is 0 Å². The van der Waals surface area contributed by atoms with Gasteiger partial charge in [-0.3, -0.25) is 0 Å². The van der Waals surface area contributed by atoms with Crippen molar-refractivity contribution in [2.45, 2.75) is 0 Å². The SMILES string of the molecule is [Ag].[Cl][Ag].[Co]. The quantitative estimate of drug-likeness (QED) is 0.577. The second kappa shape index (κ2) is 18.6. The van der Waals surface area contributed by atoms with Crippen LogP contribution < -0.4 is 0 Å². The number of hydrogen-bond acceptors (Lipinski definition) is 0. The van der Waals surface area contributed by atoms with Gasteiger partial charge in [0.05, 0.1) is 0 Å². The third kappa shape index (κ3) is 8.86. The van der Waals surface area contributed by atoms with Crippen molar-refractivity contribution in [3.05, 3.63) is 0 Å². The van der Waals surface area contributed by atoms with Gasteiger partial charge >= 0.3 is 29.2 Å². The van der Waals surface area contributed by atoms with E-state index in [0.717, 1.165) is 0 Å². The summed E-state index contributed by atoms with van der Waals surface area (Å²) < 4.78 is 0. The standard InChI is InChI=1S/2Ag.ClH.Co/h;;1H;/q;+1;;/p-1. The normalized spacial score (nSPS) is 1.75. The van der Waals surface area contributed by atoms with Crippen LogP contribution in [0.3, 0.4) is 0 Å². The van der Waals surface area contributed by atoms with E-state index >= 15 is 0 Å². The molecule has 0 bridgehead atoms. The van der Waals surface area contributed by atoms with Gasteiger partial charge in [0, 0.05) is 39.2 Å². The Morgan fingerprint density at radius 3 is 1.25 bits per heavy atom. The molecule has 0 aromatic carbocycles. The Morgan fingerprint density at radius 1 is 1.25 bits per heavy atom. The first-order valence-corrected chi connectivity index (χ1v) is 2.02. The van der Waals surface area contributed by atoms with Crippen molar-refractivity contribution in [3.8, 4) is 0 Å². The summed E-state index contributed by atoms with van der Waals surface area (Å²) in [5, 5.41) is 0. The smallest absolute Gasteiger partial charge is 0 e. The molecule has 4 heavy (non-hydrogen) atoms. The molecule has 0 saturated carbocycles. The summed E-state index contributed by atoms with van der Waals surface area (Å²) in [4.78, 5) is 0. The Morgan fingerprint density at radius 2 is 1.25 bits per heavy atom. The average molecular weight is 310 g/mol. The molecule has 0 N–H and O–H groups in total. The first-order valence-electron chi connectivity index (χ1n) is 0.114. The largest absolute Gasteiger partial charge is 0 e. The van der Waals surface area contributed by atoms with E-state index in [2.05, 4.69) is 29.2 Å². The minimum Gasteiger partial charge on any atom is 0 e. The first-order chi connectivity index (χ1) is 1.00. The summed E-state index contributed by atoms with van der Waals surface area (Å²) in [5.74, 6) is 0. The Kier molecular flexibility index (Phi) is 75.8. The van der Waals surface area contributed by atoms with E-state index in [1.165, 1.54) is 0 Å². The molecule has 0 saturated heterocycles. The molecule has 0 unspecified atom stereocenters. The van der Waals surface area contributed by atoms with Gasteiger partial charge in [0.25, 0.3) is 0 Å². The minimum atomic E-state index is 0. The van der Waals surface area contributed by atoms with Crippen molar-refractivity contribution >= 4 is 9.19 Å². The zero-order valence-corrected chi connectivity index (χ0v) is 6.08. The summed E-state index contributed by atoms with van der Waals surface area (Å²) in [7, 11) is 4.45. The van der Waals surface area contributed by atoms with Crippen molar-refractivity contribution in [3.63, 3.8) is 0 Å². The molecule has 0 aromatic heterocycles. The molecule has 4 heteroatoms. The summed E-state index contributed by atoms with van der Waals surface area (Å²) in [6.45, 7) is 0. The number of hydrogen-bond donors (Lipinski definition) is 0. The van der Waals surface area contributed by atoms with Crippen LogP contribution in [0.15, 0.2) is 0 Å². The summed E-state index contributed by atoms with van der Waals surface area (Å²) in [5.41, 5.74) is 0. The first kappa shape index (κ1) is 16.3. The predicted octanol–water partition coefficient (Wildman–Crippen LogP) is 0.682. The van der Waals surface area contributed by atoms with Crippen LogP contribution in [-0.2, 0) is 59.1 Å². The monoisotopic (exact) mass is 308 g/mol. The van der Waals surface area contributed by atoms with Crippen molar-refractivity contribution < 1.29 is 59.1 Å². The molecule has 0 amide bonds. The molecule has 0 rings (SSSR count). The molecule has 0 atom stereocenters. The van der Waals surface area contributed by atoms with E-state index in [1.54, 1.807) is 0 Å². The van der Waals surface area contributed by atoms with Crippen LogP contribution in [0.1, 0.15) is 0 Å². The molecule has 0 nitrogen and oxygen atoms in total. The molecule has 0 fully saturated rings. The van der Waals surface area contributed by atoms with Crippen molar-refractivity contribution in [1.29, 1.82) is 0 Å². The fourth-order valence-corrected chi connectivity index (χ4v) is 0. The molecule has 0 heterocycles. The predicted molar refractivity (Wildman–Crippen MR) is 5.85 cm³/mol. The van der Waals surface area contributed by atoms with Crippen LogP contribution in [-0.4, -0.2) is 0 Å². The van der Waals surface area contributed by atoms with Gasteiger partial charge in [-0.15, -0.1) is 0 Å². The van der Waals surface area contributed by atoms with Crippen LogP contribution >= 0.6 is 9.19 Å². The molecular weight excluding hydrogens is 310 g/mol. The molecule has 2 radical (unpaired) electrons. The second-order valence-corrected chi connectivity index (χ2v) is 0. The van der Waals surface area contributed by atoms with Gasteiger partial charge in [-0.05, 0) is 0 Å². The third-order valence-electron chi connectivity index (χ3n) is 0. The van der Waals surface area contributed by atoms with Gasteiger partial charge in [-0.1, -0.05) is 0 Å². The maximum absolute atomic E-state index is 4.45. The van der Waals surface area contributed by atoms with Crippen LogP contribution in [0.25, 0.3) is 0 Å². The Hall–Kier alpha value is 2.28. The summed E-state index contributed by atoms with van der Waals surface area (Å²) >= 11 is 2.42. The van der Waals surface area contributed by atoms with Crippen molar-refractivity contribution in [2.75, 3.05) is 0 Å². The number of halogens is 1. The van der Waals surface area contributed by atoms with E-state index in [4.69, 9.17) is 0 Å². The Balaban J connectivity index is -0.00000000500.